The number of nitrogens with one attached hydrogen (secondary N) is 1. The van der Waals surface area contributed by atoms with Crippen molar-refractivity contribution in [1.82, 2.24) is 0 Å². The van der Waals surface area contributed by atoms with Crippen LogP contribution in [0.25, 0.3) is 0 Å². The van der Waals surface area contributed by atoms with Gasteiger partial charge < -0.3 is 19.5 Å². The summed E-state index contributed by atoms with van der Waals surface area (Å²) >= 11 is 0. The van der Waals surface area contributed by atoms with Gasteiger partial charge in [-0.1, -0.05) is 12.1 Å². The third-order valence-electron chi connectivity index (χ3n) is 2.97. The van der Waals surface area contributed by atoms with E-state index in [9.17, 15) is 9.59 Å². The van der Waals surface area contributed by atoms with Crippen LogP contribution in [0.1, 0.15) is 10.4 Å². The van der Waals surface area contributed by atoms with E-state index < -0.39 is 5.97 Å². The zero-order chi connectivity index (χ0) is 14.8. The molecule has 0 unspecified atom stereocenters. The molecule has 3 rings (SSSR count). The minimum atomic E-state index is -0.533. The largest absolute Gasteiger partial charge is 0.465 e. The second-order valence-corrected chi connectivity index (χ2v) is 4.26. The van der Waals surface area contributed by atoms with E-state index in [1.54, 1.807) is 12.1 Å². The number of rotatable bonds is 3. The Balaban J connectivity index is 2.11. The van der Waals surface area contributed by atoms with E-state index in [0.29, 0.717) is 35.1 Å². The zero-order valence-corrected chi connectivity index (χ0v) is 11.1. The SMILES string of the molecule is COC(=O)c1cc(NC=O)c2c(c1)Oc1ccccc1O2. The smallest absolute Gasteiger partial charge is 0.338 e. The van der Waals surface area contributed by atoms with Crippen LogP contribution in [0.4, 0.5) is 5.69 Å². The Hall–Kier alpha value is -3.02. The molecule has 0 bridgehead atoms. The molecule has 1 amide bonds. The molecule has 0 aliphatic carbocycles. The van der Waals surface area contributed by atoms with E-state index >= 15 is 0 Å². The first kappa shape index (κ1) is 13.0. The topological polar surface area (TPSA) is 73.9 Å². The predicted molar refractivity (Wildman–Crippen MR) is 74.1 cm³/mol. The molecule has 2 aromatic rings. The van der Waals surface area contributed by atoms with Gasteiger partial charge in [-0.25, -0.2) is 4.79 Å². The van der Waals surface area contributed by atoms with Gasteiger partial charge in [0.15, 0.2) is 23.0 Å². The van der Waals surface area contributed by atoms with Gasteiger partial charge in [-0.15, -0.1) is 0 Å². The Morgan fingerprint density at radius 1 is 1.14 bits per heavy atom. The Morgan fingerprint density at radius 2 is 1.86 bits per heavy atom. The van der Waals surface area contributed by atoms with Crippen molar-refractivity contribution in [1.29, 1.82) is 0 Å². The first-order valence-electron chi connectivity index (χ1n) is 6.14. The molecule has 21 heavy (non-hydrogen) atoms. The molecule has 0 radical (unpaired) electrons. The molecule has 1 aliphatic heterocycles. The molecule has 1 aliphatic rings. The van der Waals surface area contributed by atoms with E-state index in [1.807, 2.05) is 12.1 Å². The monoisotopic (exact) mass is 285 g/mol. The summed E-state index contributed by atoms with van der Waals surface area (Å²) in [5, 5.41) is 2.49. The van der Waals surface area contributed by atoms with Crippen LogP contribution in [0.5, 0.6) is 23.0 Å². The van der Waals surface area contributed by atoms with Gasteiger partial charge in [-0.05, 0) is 24.3 Å². The molecule has 6 nitrogen and oxygen atoms in total. The lowest BCUT2D eigenvalue weighted by atomic mass is 10.1. The van der Waals surface area contributed by atoms with Gasteiger partial charge in [-0.3, -0.25) is 4.79 Å². The highest BCUT2D eigenvalue weighted by Gasteiger charge is 2.24. The lowest BCUT2D eigenvalue weighted by Crippen LogP contribution is -2.08. The number of para-hydroxylation sites is 2. The van der Waals surface area contributed by atoms with E-state index in [0.717, 1.165) is 0 Å². The van der Waals surface area contributed by atoms with Crippen LogP contribution in [0.15, 0.2) is 36.4 Å². The van der Waals surface area contributed by atoms with E-state index in [4.69, 9.17) is 9.47 Å². The number of hydrogen-bond donors (Lipinski definition) is 1. The number of fused-ring (bicyclic) bond motifs is 2. The average molecular weight is 285 g/mol. The molecular formula is C15H11NO5. The van der Waals surface area contributed by atoms with Gasteiger partial charge in [-0.2, -0.15) is 0 Å². The first-order chi connectivity index (χ1) is 10.2. The summed E-state index contributed by atoms with van der Waals surface area (Å²) in [5.74, 6) is 1.21. The third kappa shape index (κ3) is 2.27. The van der Waals surface area contributed by atoms with E-state index in [-0.39, 0.29) is 5.56 Å². The molecule has 6 heteroatoms. The molecule has 0 saturated carbocycles. The minimum absolute atomic E-state index is 0.253. The van der Waals surface area contributed by atoms with Crippen molar-refractivity contribution in [3.05, 3.63) is 42.0 Å². The van der Waals surface area contributed by atoms with E-state index in [2.05, 4.69) is 10.1 Å². The highest BCUT2D eigenvalue weighted by molar-refractivity contribution is 5.94. The Labute approximate surface area is 120 Å². The summed E-state index contributed by atoms with van der Waals surface area (Å²) in [4.78, 5) is 22.4. The number of carbonyl (C=O) groups is 2. The van der Waals surface area contributed by atoms with Crippen LogP contribution in [0.2, 0.25) is 0 Å². The van der Waals surface area contributed by atoms with Crippen LogP contribution in [0, 0.1) is 0 Å². The van der Waals surface area contributed by atoms with Crippen LogP contribution < -0.4 is 14.8 Å². The van der Waals surface area contributed by atoms with Crippen LogP contribution in [0.3, 0.4) is 0 Å². The van der Waals surface area contributed by atoms with Crippen molar-refractivity contribution in [2.45, 2.75) is 0 Å². The molecule has 0 atom stereocenters. The summed E-state index contributed by atoms with van der Waals surface area (Å²) in [5.41, 5.74) is 0.584. The second kappa shape index (κ2) is 5.16. The van der Waals surface area contributed by atoms with Crippen LogP contribution in [-0.2, 0) is 9.53 Å². The van der Waals surface area contributed by atoms with Gasteiger partial charge in [0.2, 0.25) is 6.41 Å². The maximum absolute atomic E-state index is 11.7. The van der Waals surface area contributed by atoms with Gasteiger partial charge in [0.1, 0.15) is 0 Å². The summed E-state index contributed by atoms with van der Waals surface area (Å²) in [6.07, 6.45) is 0.501. The van der Waals surface area contributed by atoms with Crippen molar-refractivity contribution in [3.63, 3.8) is 0 Å². The fraction of sp³-hybridized carbons (Fsp3) is 0.0667. The Bertz CT molecular complexity index is 726. The standard InChI is InChI=1S/C15H11NO5/c1-19-15(18)9-6-10(16-8-17)14-13(7-9)20-11-4-2-3-5-12(11)21-14/h2-8H,1H3,(H,16,17). The number of methoxy groups -OCH3 is 1. The molecule has 0 aromatic heterocycles. The number of ether oxygens (including phenoxy) is 3. The maximum atomic E-state index is 11.7. The number of benzene rings is 2. The number of carbonyl (C=O) groups excluding carboxylic acids is 2. The van der Waals surface area contributed by atoms with Crippen molar-refractivity contribution < 1.29 is 23.8 Å². The number of anilines is 1. The molecule has 1 heterocycles. The maximum Gasteiger partial charge on any atom is 0.338 e. The summed E-state index contributed by atoms with van der Waals surface area (Å²) in [6.45, 7) is 0. The number of amides is 1. The zero-order valence-electron chi connectivity index (χ0n) is 11.1. The molecule has 0 saturated heterocycles. The van der Waals surface area contributed by atoms with Crippen LogP contribution in [-0.4, -0.2) is 19.5 Å². The first-order valence-corrected chi connectivity index (χ1v) is 6.14. The van der Waals surface area contributed by atoms with Gasteiger partial charge in [0.05, 0.1) is 18.4 Å². The molecule has 106 valence electrons. The molecule has 0 spiro atoms. The fourth-order valence-corrected chi connectivity index (χ4v) is 2.04. The predicted octanol–water partition coefficient (Wildman–Crippen LogP) is 2.94. The molecule has 0 fully saturated rings. The number of esters is 1. The van der Waals surface area contributed by atoms with Crippen molar-refractivity contribution in [3.8, 4) is 23.0 Å². The quantitative estimate of drug-likeness (QED) is 0.591. The number of hydrogen-bond acceptors (Lipinski definition) is 5. The molecule has 2 aromatic carbocycles. The summed E-state index contributed by atoms with van der Waals surface area (Å²) in [6, 6.07) is 10.1. The van der Waals surface area contributed by atoms with Crippen molar-refractivity contribution in [2.24, 2.45) is 0 Å². The summed E-state index contributed by atoms with van der Waals surface area (Å²) < 4.78 is 16.1. The summed E-state index contributed by atoms with van der Waals surface area (Å²) in [7, 11) is 1.28. The lowest BCUT2D eigenvalue weighted by Gasteiger charge is -2.22. The van der Waals surface area contributed by atoms with Gasteiger partial charge in [0.25, 0.3) is 0 Å². The Morgan fingerprint density at radius 3 is 2.52 bits per heavy atom. The van der Waals surface area contributed by atoms with Gasteiger partial charge >= 0.3 is 5.97 Å². The normalized spacial score (nSPS) is 11.3. The third-order valence-corrected chi connectivity index (χ3v) is 2.97. The average Bonchev–Trinajstić information content (AvgIpc) is 2.52. The Kier molecular flexibility index (Phi) is 3.19. The molecular weight excluding hydrogens is 274 g/mol. The van der Waals surface area contributed by atoms with E-state index in [1.165, 1.54) is 19.2 Å². The van der Waals surface area contributed by atoms with Crippen molar-refractivity contribution in [2.75, 3.05) is 12.4 Å². The highest BCUT2D eigenvalue weighted by Crippen LogP contribution is 2.49. The van der Waals surface area contributed by atoms with Crippen LogP contribution >= 0.6 is 0 Å². The second-order valence-electron chi connectivity index (χ2n) is 4.26. The minimum Gasteiger partial charge on any atom is -0.465 e. The van der Waals surface area contributed by atoms with Gasteiger partial charge in [0, 0.05) is 0 Å². The van der Waals surface area contributed by atoms with Crippen molar-refractivity contribution >= 4 is 18.1 Å². The highest BCUT2D eigenvalue weighted by atomic mass is 16.6. The molecule has 1 N–H and O–H groups in total. The lowest BCUT2D eigenvalue weighted by molar-refractivity contribution is -0.105. The fourth-order valence-electron chi connectivity index (χ4n) is 2.04.